The van der Waals surface area contributed by atoms with E-state index in [2.05, 4.69) is 11.1 Å². The molecule has 0 unspecified atom stereocenters. The van der Waals surface area contributed by atoms with Gasteiger partial charge in [-0.3, -0.25) is 4.79 Å². The summed E-state index contributed by atoms with van der Waals surface area (Å²) in [7, 11) is -3.66. The minimum absolute atomic E-state index is 0.00282. The average molecular weight is 482 g/mol. The van der Waals surface area contributed by atoms with E-state index in [1.54, 1.807) is 34.9 Å². The second kappa shape index (κ2) is 9.32. The van der Waals surface area contributed by atoms with Gasteiger partial charge in [-0.15, -0.1) is 0 Å². The number of para-hydroxylation sites is 1. The molecule has 0 radical (unpaired) electrons. The van der Waals surface area contributed by atoms with Gasteiger partial charge in [0, 0.05) is 31.9 Å². The van der Waals surface area contributed by atoms with Crippen LogP contribution in [0.2, 0.25) is 5.02 Å². The van der Waals surface area contributed by atoms with Gasteiger partial charge < -0.3 is 4.90 Å². The van der Waals surface area contributed by atoms with Crippen molar-refractivity contribution in [2.24, 2.45) is 4.99 Å². The summed E-state index contributed by atoms with van der Waals surface area (Å²) in [4.78, 5) is 19.1. The van der Waals surface area contributed by atoms with Gasteiger partial charge in [-0.25, -0.2) is 13.4 Å². The van der Waals surface area contributed by atoms with Gasteiger partial charge in [-0.05, 0) is 23.8 Å². The molecule has 1 saturated heterocycles. The van der Waals surface area contributed by atoms with Crippen LogP contribution in [0.3, 0.4) is 0 Å². The highest BCUT2D eigenvalue weighted by Crippen LogP contribution is 2.34. The maximum Gasteiger partial charge on any atom is 0.244 e. The summed E-state index contributed by atoms with van der Waals surface area (Å²) in [6, 6.07) is 14.4. The summed E-state index contributed by atoms with van der Waals surface area (Å²) in [6.45, 7) is 1.25. The summed E-state index contributed by atoms with van der Waals surface area (Å²) in [5.74, 6) is 1.15. The zero-order valence-electron chi connectivity index (χ0n) is 16.0. The highest BCUT2D eigenvalue weighted by atomic mass is 35.5. The molecule has 2 aliphatic heterocycles. The summed E-state index contributed by atoms with van der Waals surface area (Å²) in [5.41, 5.74) is 2.17. The first-order valence-electron chi connectivity index (χ1n) is 9.40. The Kier molecular flexibility index (Phi) is 6.74. The first kappa shape index (κ1) is 21.7. The summed E-state index contributed by atoms with van der Waals surface area (Å²) >= 11 is 9.15. The van der Waals surface area contributed by atoms with Crippen LogP contribution in [0.25, 0.3) is 0 Å². The van der Waals surface area contributed by atoms with Crippen molar-refractivity contribution < 1.29 is 13.2 Å². The molecule has 0 spiro atoms. The predicted molar refractivity (Wildman–Crippen MR) is 124 cm³/mol. The number of benzene rings is 2. The average Bonchev–Trinajstić information content (AvgIpc) is 2.77. The number of halogens is 1. The van der Waals surface area contributed by atoms with Gasteiger partial charge in [0.1, 0.15) is 9.27 Å². The van der Waals surface area contributed by atoms with Crippen LogP contribution in [0.5, 0.6) is 0 Å². The fraction of sp³-hybridized carbons (Fsp3) is 0.300. The van der Waals surface area contributed by atoms with Gasteiger partial charge in [0.15, 0.2) is 0 Å². The minimum Gasteiger partial charge on any atom is -0.339 e. The number of carbonyl (C=O) groups is 1. The van der Waals surface area contributed by atoms with Crippen LogP contribution in [-0.4, -0.2) is 59.8 Å². The zero-order chi connectivity index (χ0) is 21.1. The Morgan fingerprint density at radius 1 is 1.07 bits per heavy atom. The van der Waals surface area contributed by atoms with Crippen molar-refractivity contribution in [3.63, 3.8) is 0 Å². The third-order valence-electron chi connectivity index (χ3n) is 4.92. The Balaban J connectivity index is 1.32. The second-order valence-corrected chi connectivity index (χ2v) is 11.3. The molecule has 0 bridgehead atoms. The van der Waals surface area contributed by atoms with Gasteiger partial charge in [-0.2, -0.15) is 4.31 Å². The summed E-state index contributed by atoms with van der Waals surface area (Å²) < 4.78 is 27.9. The number of nitrogens with zero attached hydrogens (tertiary/aromatic N) is 3. The van der Waals surface area contributed by atoms with Crippen LogP contribution in [0.1, 0.15) is 5.56 Å². The van der Waals surface area contributed by atoms with Crippen LogP contribution in [0.4, 0.5) is 5.69 Å². The SMILES string of the molecule is O=C(CSC1=Nc2ccccc2CS1)N1CCN(S(=O)(=O)c2ccccc2Cl)CC1. The molecule has 0 saturated carbocycles. The molecule has 2 aliphatic rings. The second-order valence-electron chi connectivity index (χ2n) is 6.80. The molecule has 2 aromatic carbocycles. The number of hydrogen-bond donors (Lipinski definition) is 0. The Hall–Kier alpha value is -1.52. The fourth-order valence-corrected chi connectivity index (χ4v) is 7.15. The third kappa shape index (κ3) is 4.70. The van der Waals surface area contributed by atoms with Crippen molar-refractivity contribution in [3.8, 4) is 0 Å². The van der Waals surface area contributed by atoms with Crippen molar-refractivity contribution in [2.75, 3.05) is 31.9 Å². The molecule has 0 N–H and O–H groups in total. The Bertz CT molecular complexity index is 1080. The number of aliphatic imine (C=N–C) groups is 1. The van der Waals surface area contributed by atoms with Crippen molar-refractivity contribution in [1.29, 1.82) is 0 Å². The molecule has 30 heavy (non-hydrogen) atoms. The number of carbonyl (C=O) groups excluding carboxylic acids is 1. The van der Waals surface area contributed by atoms with Gasteiger partial charge in [0.05, 0.1) is 16.5 Å². The minimum atomic E-state index is -3.66. The molecule has 2 aromatic rings. The largest absolute Gasteiger partial charge is 0.339 e. The maximum absolute atomic E-state index is 12.8. The lowest BCUT2D eigenvalue weighted by Crippen LogP contribution is -2.51. The number of thioether (sulfide) groups is 2. The molecule has 158 valence electrons. The molecular formula is C20H20ClN3O3S3. The van der Waals surface area contributed by atoms with E-state index in [0.717, 1.165) is 15.8 Å². The molecule has 6 nitrogen and oxygen atoms in total. The lowest BCUT2D eigenvalue weighted by Gasteiger charge is -2.34. The predicted octanol–water partition coefficient (Wildman–Crippen LogP) is 3.84. The van der Waals surface area contributed by atoms with Crippen molar-refractivity contribution >= 4 is 61.1 Å². The third-order valence-corrected chi connectivity index (χ3v) is 9.55. The molecule has 1 fully saturated rings. The van der Waals surface area contributed by atoms with Crippen LogP contribution in [0.15, 0.2) is 58.4 Å². The van der Waals surface area contributed by atoms with Crippen molar-refractivity contribution in [3.05, 3.63) is 59.1 Å². The zero-order valence-corrected chi connectivity index (χ0v) is 19.2. The Morgan fingerprint density at radius 3 is 2.53 bits per heavy atom. The molecule has 4 rings (SSSR count). The number of rotatable bonds is 4. The van der Waals surface area contributed by atoms with Crippen LogP contribution < -0.4 is 0 Å². The monoisotopic (exact) mass is 481 g/mol. The number of amides is 1. The van der Waals surface area contributed by atoms with Crippen LogP contribution in [-0.2, 0) is 20.6 Å². The summed E-state index contributed by atoms with van der Waals surface area (Å²) in [5, 5.41) is 0.208. The Morgan fingerprint density at radius 2 is 1.77 bits per heavy atom. The van der Waals surface area contributed by atoms with E-state index in [1.165, 1.54) is 27.7 Å². The molecule has 0 aliphatic carbocycles. The number of fused-ring (bicyclic) bond motifs is 1. The van der Waals surface area contributed by atoms with E-state index in [1.807, 2.05) is 18.2 Å². The highest BCUT2D eigenvalue weighted by molar-refractivity contribution is 8.38. The fourth-order valence-electron chi connectivity index (χ4n) is 3.27. The first-order chi connectivity index (χ1) is 14.4. The molecule has 10 heteroatoms. The number of hydrogen-bond acceptors (Lipinski definition) is 6. The lowest BCUT2D eigenvalue weighted by molar-refractivity contribution is -0.129. The normalized spacial score (nSPS) is 17.4. The van der Waals surface area contributed by atoms with Gasteiger partial charge in [0.25, 0.3) is 0 Å². The van der Waals surface area contributed by atoms with Crippen LogP contribution >= 0.6 is 35.1 Å². The Labute approximate surface area is 189 Å². The number of piperazine rings is 1. The van der Waals surface area contributed by atoms with Gasteiger partial charge >= 0.3 is 0 Å². The van der Waals surface area contributed by atoms with E-state index < -0.39 is 10.0 Å². The quantitative estimate of drug-likeness (QED) is 0.663. The van der Waals surface area contributed by atoms with E-state index in [-0.39, 0.29) is 28.9 Å². The lowest BCUT2D eigenvalue weighted by atomic mass is 10.2. The van der Waals surface area contributed by atoms with Crippen molar-refractivity contribution in [1.82, 2.24) is 9.21 Å². The molecule has 1 amide bonds. The van der Waals surface area contributed by atoms with Gasteiger partial charge in [0.2, 0.25) is 15.9 Å². The first-order valence-corrected chi connectivity index (χ1v) is 13.2. The smallest absolute Gasteiger partial charge is 0.244 e. The van der Waals surface area contributed by atoms with E-state index in [0.29, 0.717) is 18.8 Å². The molecular weight excluding hydrogens is 462 g/mol. The van der Waals surface area contributed by atoms with Crippen LogP contribution in [0, 0.1) is 0 Å². The standard InChI is InChI=1S/C20H20ClN3O3S3/c21-16-6-2-4-8-18(16)30(26,27)24-11-9-23(10-12-24)19(25)14-29-20-22-17-7-3-1-5-15(17)13-28-20/h1-8H,9-14H2. The molecule has 0 aromatic heterocycles. The highest BCUT2D eigenvalue weighted by Gasteiger charge is 2.31. The van der Waals surface area contributed by atoms with E-state index in [9.17, 15) is 13.2 Å². The molecule has 0 atom stereocenters. The maximum atomic E-state index is 12.8. The van der Waals surface area contributed by atoms with Gasteiger partial charge in [-0.1, -0.05) is 65.5 Å². The van der Waals surface area contributed by atoms with E-state index >= 15 is 0 Å². The summed E-state index contributed by atoms with van der Waals surface area (Å²) in [6.07, 6.45) is 0. The van der Waals surface area contributed by atoms with Crippen molar-refractivity contribution in [2.45, 2.75) is 10.6 Å². The van der Waals surface area contributed by atoms with E-state index in [4.69, 9.17) is 11.6 Å². The number of sulfonamides is 1. The molecule has 2 heterocycles. The topological polar surface area (TPSA) is 70.1 Å².